The predicted molar refractivity (Wildman–Crippen MR) is 103 cm³/mol. The molecule has 0 spiro atoms. The molecule has 1 heterocycles. The Balaban J connectivity index is 2.39. The van der Waals surface area contributed by atoms with E-state index in [-0.39, 0.29) is 11.1 Å². The van der Waals surface area contributed by atoms with Gasteiger partial charge < -0.3 is 4.48 Å². The lowest BCUT2D eigenvalue weighted by molar-refractivity contribution is -0.918. The van der Waals surface area contributed by atoms with E-state index < -0.39 is 0 Å². The maximum absolute atomic E-state index is 12.6. The third-order valence-corrected chi connectivity index (χ3v) is 6.15. The lowest BCUT2D eigenvalue weighted by Crippen LogP contribution is -2.65. The van der Waals surface area contributed by atoms with Gasteiger partial charge >= 0.3 is 0 Å². The summed E-state index contributed by atoms with van der Waals surface area (Å²) >= 11 is 0. The van der Waals surface area contributed by atoms with E-state index in [4.69, 9.17) is 0 Å². The molecule has 0 saturated carbocycles. The molecule has 0 atom stereocenters. The normalized spacial score (nSPS) is 22.0. The van der Waals surface area contributed by atoms with E-state index in [1.807, 2.05) is 0 Å². The number of nitrogens with zero attached hydrogens (tertiary/aromatic N) is 2. The van der Waals surface area contributed by atoms with Gasteiger partial charge in [-0.2, -0.15) is 0 Å². The van der Waals surface area contributed by atoms with Crippen LogP contribution in [0.2, 0.25) is 0 Å². The Hall–Kier alpha value is -0.120. The molecule has 24 heavy (non-hydrogen) atoms. The Morgan fingerprint density at radius 2 is 1.25 bits per heavy atom. The average Bonchev–Trinajstić information content (AvgIpc) is 2.46. The zero-order chi connectivity index (χ0) is 18.4. The highest BCUT2D eigenvalue weighted by molar-refractivity contribution is 4.96. The number of piperidine rings is 1. The topological polar surface area (TPSA) is 23.1 Å². The molecule has 0 aromatic carbocycles. The van der Waals surface area contributed by atoms with E-state index >= 15 is 0 Å². The van der Waals surface area contributed by atoms with Gasteiger partial charge in [-0.15, -0.1) is 10.3 Å². The Morgan fingerprint density at radius 1 is 0.833 bits per heavy atom. The van der Waals surface area contributed by atoms with Gasteiger partial charge in [-0.25, -0.2) is 0 Å². The molecule has 0 aliphatic carbocycles. The highest BCUT2D eigenvalue weighted by Gasteiger charge is 2.50. The average molecular weight is 341 g/mol. The van der Waals surface area contributed by atoms with Crippen molar-refractivity contribution in [2.24, 2.45) is 0 Å². The van der Waals surface area contributed by atoms with Crippen LogP contribution in [0.1, 0.15) is 98.8 Å². The molecule has 143 valence electrons. The maximum Gasteiger partial charge on any atom is 0.0923 e. The highest BCUT2D eigenvalue weighted by Crippen LogP contribution is 2.40. The fourth-order valence-electron chi connectivity index (χ4n) is 4.54. The number of rotatable bonds is 10. The van der Waals surface area contributed by atoms with Crippen LogP contribution in [0.4, 0.5) is 0 Å². The minimum absolute atomic E-state index is 0.249. The smallest absolute Gasteiger partial charge is 0.0923 e. The third-order valence-electron chi connectivity index (χ3n) is 6.15. The molecule has 0 aromatic heterocycles. The fourth-order valence-corrected chi connectivity index (χ4v) is 4.54. The predicted octanol–water partition coefficient (Wildman–Crippen LogP) is 5.57. The summed E-state index contributed by atoms with van der Waals surface area (Å²) < 4.78 is 1.07. The third kappa shape index (κ3) is 6.31. The Bertz CT molecular complexity index is 345. The molecule has 0 aromatic rings. The summed E-state index contributed by atoms with van der Waals surface area (Å²) in [6, 6.07) is 0.588. The van der Waals surface area contributed by atoms with Crippen molar-refractivity contribution in [1.82, 2.24) is 5.06 Å². The lowest BCUT2D eigenvalue weighted by Gasteiger charge is -2.53. The van der Waals surface area contributed by atoms with Crippen LogP contribution in [0, 0.1) is 0 Å². The van der Waals surface area contributed by atoms with Gasteiger partial charge in [0.1, 0.15) is 0 Å². The van der Waals surface area contributed by atoms with E-state index in [1.165, 1.54) is 63.0 Å². The summed E-state index contributed by atoms with van der Waals surface area (Å²) in [5.41, 5.74) is -0.498. The van der Waals surface area contributed by atoms with Gasteiger partial charge in [0, 0.05) is 23.9 Å². The number of hydrogen-bond donors (Lipinski definition) is 0. The summed E-state index contributed by atoms with van der Waals surface area (Å²) in [5.74, 6) is 0. The maximum atomic E-state index is 12.6. The largest absolute Gasteiger partial charge is 0.326 e. The minimum atomic E-state index is -0.249. The molecule has 0 unspecified atom stereocenters. The standard InChI is InChI=1S/C21H44N2O/c1-8-9-10-11-12-13-14-15-16-23(6,7)19-17-20(2,3)22(24)21(4,5)18-19/h19H,8-18H2,1-7H3/q+1. The molecule has 0 N–H and O–H groups in total. The first-order valence-electron chi connectivity index (χ1n) is 10.3. The number of unbranched alkanes of at least 4 members (excludes halogenated alkanes) is 7. The number of quaternary nitrogens is 1. The van der Waals surface area contributed by atoms with Gasteiger partial charge in [-0.3, -0.25) is 0 Å². The Labute approximate surface area is 152 Å². The van der Waals surface area contributed by atoms with E-state index in [2.05, 4.69) is 48.7 Å². The van der Waals surface area contributed by atoms with E-state index in [9.17, 15) is 5.21 Å². The molecular formula is C21H44N2O+. The van der Waals surface area contributed by atoms with E-state index in [0.29, 0.717) is 6.04 Å². The fraction of sp³-hybridized carbons (Fsp3) is 1.00. The SMILES string of the molecule is CCCCCCCCCC[N+](C)(C)C1CC(C)(C)N([O])C(C)(C)C1. The van der Waals surface area contributed by atoms with Crippen molar-refractivity contribution in [3.8, 4) is 0 Å². The van der Waals surface area contributed by atoms with Gasteiger partial charge in [0.2, 0.25) is 0 Å². The van der Waals surface area contributed by atoms with Crippen molar-refractivity contribution in [3.05, 3.63) is 0 Å². The summed E-state index contributed by atoms with van der Waals surface area (Å²) in [6.45, 7) is 12.0. The van der Waals surface area contributed by atoms with Gasteiger partial charge in [0.25, 0.3) is 0 Å². The summed E-state index contributed by atoms with van der Waals surface area (Å²) in [7, 11) is 4.75. The van der Waals surface area contributed by atoms with Gasteiger partial charge in [-0.05, 0) is 40.5 Å². The second-order valence-electron chi connectivity index (χ2n) is 9.96. The van der Waals surface area contributed by atoms with Crippen LogP contribution >= 0.6 is 0 Å². The first-order chi connectivity index (χ1) is 11.0. The van der Waals surface area contributed by atoms with E-state index in [0.717, 1.165) is 17.3 Å². The van der Waals surface area contributed by atoms with E-state index in [1.54, 1.807) is 0 Å². The molecule has 1 saturated heterocycles. The first kappa shape index (κ1) is 21.9. The van der Waals surface area contributed by atoms with Crippen LogP contribution in [0.5, 0.6) is 0 Å². The summed E-state index contributed by atoms with van der Waals surface area (Å²) in [5, 5.41) is 13.9. The number of hydroxylamine groups is 2. The molecule has 1 aliphatic rings. The zero-order valence-corrected chi connectivity index (χ0v) is 17.7. The second kappa shape index (κ2) is 9.00. The van der Waals surface area contributed by atoms with Gasteiger partial charge in [0.05, 0.1) is 26.7 Å². The van der Waals surface area contributed by atoms with Crippen LogP contribution in [0.3, 0.4) is 0 Å². The Kier molecular flexibility index (Phi) is 8.22. The first-order valence-corrected chi connectivity index (χ1v) is 10.3. The Morgan fingerprint density at radius 3 is 1.71 bits per heavy atom. The molecule has 1 aliphatic heterocycles. The van der Waals surface area contributed by atoms with Crippen molar-refractivity contribution in [1.29, 1.82) is 0 Å². The zero-order valence-electron chi connectivity index (χ0n) is 17.7. The van der Waals surface area contributed by atoms with Crippen molar-refractivity contribution in [2.75, 3.05) is 20.6 Å². The monoisotopic (exact) mass is 340 g/mol. The van der Waals surface area contributed by atoms with Gasteiger partial charge in [0.15, 0.2) is 0 Å². The molecule has 3 nitrogen and oxygen atoms in total. The van der Waals surface area contributed by atoms with Crippen LogP contribution in [-0.2, 0) is 5.21 Å². The quantitative estimate of drug-likeness (QED) is 0.376. The van der Waals surface area contributed by atoms with Gasteiger partial charge in [-0.1, -0.05) is 45.4 Å². The summed E-state index contributed by atoms with van der Waals surface area (Å²) in [4.78, 5) is 0. The lowest BCUT2D eigenvalue weighted by atomic mass is 9.77. The van der Waals surface area contributed by atoms with Crippen molar-refractivity contribution >= 4 is 0 Å². The van der Waals surface area contributed by atoms with Crippen molar-refractivity contribution in [3.63, 3.8) is 0 Å². The number of hydrogen-bond acceptors (Lipinski definition) is 1. The minimum Gasteiger partial charge on any atom is -0.326 e. The van der Waals surface area contributed by atoms with Crippen LogP contribution < -0.4 is 0 Å². The van der Waals surface area contributed by atoms with Crippen LogP contribution in [0.25, 0.3) is 0 Å². The molecular weight excluding hydrogens is 296 g/mol. The second-order valence-corrected chi connectivity index (χ2v) is 9.96. The molecule has 0 bridgehead atoms. The van der Waals surface area contributed by atoms with Crippen molar-refractivity contribution < 1.29 is 9.69 Å². The molecule has 1 fully saturated rings. The molecule has 1 radical (unpaired) electrons. The van der Waals surface area contributed by atoms with Crippen molar-refractivity contribution in [2.45, 2.75) is 116 Å². The molecule has 3 heteroatoms. The molecule has 1 rings (SSSR count). The van der Waals surface area contributed by atoms with Crippen LogP contribution in [-0.4, -0.2) is 47.3 Å². The summed E-state index contributed by atoms with van der Waals surface area (Å²) in [6.07, 6.45) is 13.0. The molecule has 0 amide bonds. The highest BCUT2D eigenvalue weighted by atomic mass is 16.5. The van der Waals surface area contributed by atoms with Crippen LogP contribution in [0.15, 0.2) is 0 Å².